The zero-order valence-corrected chi connectivity index (χ0v) is 18.7. The van der Waals surface area contributed by atoms with Crippen molar-refractivity contribution in [3.05, 3.63) is 59.9 Å². The fourth-order valence-corrected chi connectivity index (χ4v) is 4.25. The molecular weight excluding hydrogens is 435 g/mol. The van der Waals surface area contributed by atoms with Crippen LogP contribution in [-0.4, -0.2) is 44.9 Å². The van der Waals surface area contributed by atoms with E-state index in [1.165, 1.54) is 12.1 Å². The van der Waals surface area contributed by atoms with Gasteiger partial charge in [0.25, 0.3) is 10.0 Å². The number of nitrogens with zero attached hydrogens (tertiary/aromatic N) is 1. The number of amides is 1. The smallest absolute Gasteiger partial charge is 0.307 e. The van der Waals surface area contributed by atoms with E-state index in [1.54, 1.807) is 36.1 Å². The number of ether oxygens (including phenoxy) is 1. The van der Waals surface area contributed by atoms with Crippen molar-refractivity contribution in [1.82, 2.24) is 4.90 Å². The highest BCUT2D eigenvalue weighted by molar-refractivity contribution is 7.92. The maximum atomic E-state index is 13.0. The summed E-state index contributed by atoms with van der Waals surface area (Å²) in [4.78, 5) is 26.1. The van der Waals surface area contributed by atoms with Gasteiger partial charge in [-0.25, -0.2) is 12.8 Å². The standard InChI is InChI=1S/C23H27FN2O5S/c1-2-31-23(28)13-14-26(16-18-3-4-18)22(27)15-17-5-9-20(10-6-17)25-32(29,30)21-11-7-19(24)8-12-21/h5-12,18,25H,2-4,13-16H2,1H3. The van der Waals surface area contributed by atoms with Crippen molar-refractivity contribution < 1.29 is 27.1 Å². The predicted octanol–water partition coefficient (Wildman–Crippen LogP) is 3.36. The second kappa shape index (κ2) is 10.6. The molecule has 0 aromatic heterocycles. The van der Waals surface area contributed by atoms with Crippen molar-refractivity contribution in [3.8, 4) is 0 Å². The number of hydrogen-bond donors (Lipinski definition) is 1. The molecule has 2 aromatic rings. The van der Waals surface area contributed by atoms with E-state index < -0.39 is 15.8 Å². The highest BCUT2D eigenvalue weighted by Gasteiger charge is 2.27. The van der Waals surface area contributed by atoms with Crippen molar-refractivity contribution in [3.63, 3.8) is 0 Å². The van der Waals surface area contributed by atoms with Crippen LogP contribution in [0.25, 0.3) is 0 Å². The summed E-state index contributed by atoms with van der Waals surface area (Å²) >= 11 is 0. The molecule has 1 N–H and O–H groups in total. The van der Waals surface area contributed by atoms with Crippen LogP contribution in [0.1, 0.15) is 31.7 Å². The lowest BCUT2D eigenvalue weighted by Gasteiger charge is -2.22. The number of rotatable bonds is 11. The quantitative estimate of drug-likeness (QED) is 0.517. The molecule has 0 unspecified atom stereocenters. The number of esters is 1. The molecule has 3 rings (SSSR count). The van der Waals surface area contributed by atoms with E-state index in [1.807, 2.05) is 0 Å². The molecule has 0 saturated heterocycles. The van der Waals surface area contributed by atoms with Gasteiger partial charge in [-0.2, -0.15) is 0 Å². The first-order chi connectivity index (χ1) is 15.3. The Hall–Kier alpha value is -2.94. The first-order valence-electron chi connectivity index (χ1n) is 10.6. The summed E-state index contributed by atoms with van der Waals surface area (Å²) in [7, 11) is -3.84. The van der Waals surface area contributed by atoms with Crippen molar-refractivity contribution in [2.24, 2.45) is 5.92 Å². The molecule has 0 aliphatic heterocycles. The van der Waals surface area contributed by atoms with Crippen LogP contribution in [0.5, 0.6) is 0 Å². The number of nitrogens with one attached hydrogen (secondary N) is 1. The normalized spacial score (nSPS) is 13.4. The molecule has 0 heterocycles. The Kier molecular flexibility index (Phi) is 7.84. The number of carbonyl (C=O) groups is 2. The van der Waals surface area contributed by atoms with Crippen molar-refractivity contribution in [1.29, 1.82) is 0 Å². The van der Waals surface area contributed by atoms with Crippen molar-refractivity contribution >= 4 is 27.6 Å². The predicted molar refractivity (Wildman–Crippen MR) is 118 cm³/mol. The lowest BCUT2D eigenvalue weighted by atomic mass is 10.1. The second-order valence-corrected chi connectivity index (χ2v) is 9.45. The first kappa shape index (κ1) is 23.7. The van der Waals surface area contributed by atoms with Crippen LogP contribution in [0.15, 0.2) is 53.4 Å². The van der Waals surface area contributed by atoms with Gasteiger partial charge in [-0.05, 0) is 67.6 Å². The molecule has 0 bridgehead atoms. The van der Waals surface area contributed by atoms with E-state index in [-0.39, 0.29) is 29.6 Å². The second-order valence-electron chi connectivity index (χ2n) is 7.77. The Morgan fingerprint density at radius 3 is 2.34 bits per heavy atom. The van der Waals surface area contributed by atoms with Crippen LogP contribution >= 0.6 is 0 Å². The van der Waals surface area contributed by atoms with Gasteiger partial charge in [-0.1, -0.05) is 12.1 Å². The molecule has 1 aliphatic rings. The average molecular weight is 463 g/mol. The average Bonchev–Trinajstić information content (AvgIpc) is 3.57. The minimum atomic E-state index is -3.84. The van der Waals surface area contributed by atoms with Crippen molar-refractivity contribution in [2.45, 2.75) is 37.5 Å². The first-order valence-corrected chi connectivity index (χ1v) is 12.1. The third-order valence-electron chi connectivity index (χ3n) is 5.10. The fourth-order valence-electron chi connectivity index (χ4n) is 3.19. The number of carbonyl (C=O) groups excluding carboxylic acids is 2. The Balaban J connectivity index is 1.59. The lowest BCUT2D eigenvalue weighted by Crippen LogP contribution is -2.36. The Bertz CT molecular complexity index is 1040. The number of benzene rings is 2. The van der Waals surface area contributed by atoms with Gasteiger partial charge < -0.3 is 9.64 Å². The van der Waals surface area contributed by atoms with Gasteiger partial charge >= 0.3 is 5.97 Å². The monoisotopic (exact) mass is 462 g/mol. The van der Waals surface area contributed by atoms with Gasteiger partial charge in [-0.3, -0.25) is 14.3 Å². The topological polar surface area (TPSA) is 92.8 Å². The summed E-state index contributed by atoms with van der Waals surface area (Å²) in [5, 5.41) is 0. The zero-order chi connectivity index (χ0) is 23.1. The van der Waals surface area contributed by atoms with E-state index >= 15 is 0 Å². The third-order valence-corrected chi connectivity index (χ3v) is 6.50. The van der Waals surface area contributed by atoms with Crippen LogP contribution in [0, 0.1) is 11.7 Å². The van der Waals surface area contributed by atoms with E-state index in [0.29, 0.717) is 31.3 Å². The zero-order valence-electron chi connectivity index (χ0n) is 17.9. The van der Waals surface area contributed by atoms with E-state index in [9.17, 15) is 22.4 Å². The Morgan fingerprint density at radius 2 is 1.75 bits per heavy atom. The maximum Gasteiger partial charge on any atom is 0.307 e. The van der Waals surface area contributed by atoms with Gasteiger partial charge in [0.2, 0.25) is 5.91 Å². The molecule has 1 aliphatic carbocycles. The number of hydrogen-bond acceptors (Lipinski definition) is 5. The van der Waals surface area contributed by atoms with Crippen LogP contribution < -0.4 is 4.72 Å². The van der Waals surface area contributed by atoms with Gasteiger partial charge in [-0.15, -0.1) is 0 Å². The minimum Gasteiger partial charge on any atom is -0.466 e. The van der Waals surface area contributed by atoms with E-state index in [0.717, 1.165) is 30.5 Å². The minimum absolute atomic E-state index is 0.0459. The van der Waals surface area contributed by atoms with Crippen LogP contribution in [0.2, 0.25) is 0 Å². The molecular formula is C23H27FN2O5S. The highest BCUT2D eigenvalue weighted by Crippen LogP contribution is 2.30. The summed E-state index contributed by atoms with van der Waals surface area (Å²) in [6.07, 6.45) is 2.50. The van der Waals surface area contributed by atoms with Crippen LogP contribution in [0.4, 0.5) is 10.1 Å². The Labute approximate surface area is 187 Å². The van der Waals surface area contributed by atoms with Gasteiger partial charge in [0.15, 0.2) is 0 Å². The molecule has 1 amide bonds. The van der Waals surface area contributed by atoms with Gasteiger partial charge in [0, 0.05) is 18.8 Å². The molecule has 32 heavy (non-hydrogen) atoms. The molecule has 0 atom stereocenters. The molecule has 9 heteroatoms. The fraction of sp³-hybridized carbons (Fsp3) is 0.391. The molecule has 0 radical (unpaired) electrons. The van der Waals surface area contributed by atoms with Gasteiger partial charge in [0.05, 0.1) is 24.3 Å². The molecule has 1 saturated carbocycles. The molecule has 172 valence electrons. The summed E-state index contributed by atoms with van der Waals surface area (Å²) in [6, 6.07) is 11.1. The summed E-state index contributed by atoms with van der Waals surface area (Å²) in [6.45, 7) is 3.01. The SMILES string of the molecule is CCOC(=O)CCN(CC1CC1)C(=O)Cc1ccc(NS(=O)(=O)c2ccc(F)cc2)cc1. The summed E-state index contributed by atoms with van der Waals surface area (Å²) in [5.41, 5.74) is 1.07. The van der Waals surface area contributed by atoms with E-state index in [4.69, 9.17) is 4.74 Å². The number of sulfonamides is 1. The number of anilines is 1. The van der Waals surface area contributed by atoms with Crippen molar-refractivity contribution in [2.75, 3.05) is 24.4 Å². The highest BCUT2D eigenvalue weighted by atomic mass is 32.2. The third kappa shape index (κ3) is 7.05. The molecule has 2 aromatic carbocycles. The lowest BCUT2D eigenvalue weighted by molar-refractivity contribution is -0.144. The summed E-state index contributed by atoms with van der Waals surface area (Å²) < 4.78 is 45.3. The molecule has 1 fully saturated rings. The van der Waals surface area contributed by atoms with Gasteiger partial charge in [0.1, 0.15) is 5.82 Å². The van der Waals surface area contributed by atoms with Crippen LogP contribution in [-0.2, 0) is 30.8 Å². The number of halogens is 1. The van der Waals surface area contributed by atoms with E-state index in [2.05, 4.69) is 4.72 Å². The molecule has 0 spiro atoms. The molecule has 7 nitrogen and oxygen atoms in total. The summed E-state index contributed by atoms with van der Waals surface area (Å²) in [5.74, 6) is -0.430. The largest absolute Gasteiger partial charge is 0.466 e. The maximum absolute atomic E-state index is 13.0. The van der Waals surface area contributed by atoms with Crippen LogP contribution in [0.3, 0.4) is 0 Å². The Morgan fingerprint density at radius 1 is 1.09 bits per heavy atom.